The zero-order valence-electron chi connectivity index (χ0n) is 12.2. The van der Waals surface area contributed by atoms with Crippen LogP contribution in [0.3, 0.4) is 0 Å². The fourth-order valence-electron chi connectivity index (χ4n) is 2.34. The summed E-state index contributed by atoms with van der Waals surface area (Å²) in [5.74, 6) is 6.12. The van der Waals surface area contributed by atoms with Crippen LogP contribution in [0.2, 0.25) is 0 Å². The SMILES string of the molecule is O=C(c1ccnc(C#Cc2ccccc2)c1)N1CCNCC1. The minimum absolute atomic E-state index is 0.0478. The maximum absolute atomic E-state index is 12.4. The van der Waals surface area contributed by atoms with E-state index in [2.05, 4.69) is 22.1 Å². The molecular formula is C18H17N3O. The summed E-state index contributed by atoms with van der Waals surface area (Å²) in [5.41, 5.74) is 2.20. The van der Waals surface area contributed by atoms with Gasteiger partial charge in [-0.2, -0.15) is 0 Å². The third-order valence-corrected chi connectivity index (χ3v) is 3.52. The van der Waals surface area contributed by atoms with Crippen molar-refractivity contribution < 1.29 is 4.79 Å². The highest BCUT2D eigenvalue weighted by Crippen LogP contribution is 2.07. The average molecular weight is 291 g/mol. The van der Waals surface area contributed by atoms with E-state index in [1.165, 1.54) is 0 Å². The summed E-state index contributed by atoms with van der Waals surface area (Å²) in [6.45, 7) is 3.17. The van der Waals surface area contributed by atoms with Crippen molar-refractivity contribution >= 4 is 5.91 Å². The van der Waals surface area contributed by atoms with Crippen LogP contribution in [0, 0.1) is 11.8 Å². The van der Waals surface area contributed by atoms with Crippen LogP contribution < -0.4 is 5.32 Å². The van der Waals surface area contributed by atoms with Crippen LogP contribution in [0.5, 0.6) is 0 Å². The molecule has 2 heterocycles. The van der Waals surface area contributed by atoms with Crippen LogP contribution in [0.15, 0.2) is 48.7 Å². The van der Waals surface area contributed by atoms with E-state index in [4.69, 9.17) is 0 Å². The molecule has 0 unspecified atom stereocenters. The number of amides is 1. The summed E-state index contributed by atoms with van der Waals surface area (Å²) in [5, 5.41) is 3.24. The maximum atomic E-state index is 12.4. The highest BCUT2D eigenvalue weighted by Gasteiger charge is 2.17. The zero-order valence-corrected chi connectivity index (χ0v) is 12.2. The lowest BCUT2D eigenvalue weighted by atomic mass is 10.1. The minimum Gasteiger partial charge on any atom is -0.336 e. The lowest BCUT2D eigenvalue weighted by molar-refractivity contribution is 0.0735. The molecular weight excluding hydrogens is 274 g/mol. The molecule has 1 amide bonds. The fourth-order valence-corrected chi connectivity index (χ4v) is 2.34. The van der Waals surface area contributed by atoms with Crippen molar-refractivity contribution in [3.63, 3.8) is 0 Å². The Morgan fingerprint density at radius 1 is 1.09 bits per heavy atom. The first-order chi connectivity index (χ1) is 10.8. The van der Waals surface area contributed by atoms with Crippen molar-refractivity contribution in [2.75, 3.05) is 26.2 Å². The molecule has 3 rings (SSSR count). The Kier molecular flexibility index (Phi) is 4.47. The van der Waals surface area contributed by atoms with Crippen LogP contribution in [0.4, 0.5) is 0 Å². The second kappa shape index (κ2) is 6.88. The molecule has 22 heavy (non-hydrogen) atoms. The molecule has 1 aliphatic heterocycles. The predicted molar refractivity (Wildman–Crippen MR) is 85.4 cm³/mol. The third kappa shape index (κ3) is 3.51. The Bertz CT molecular complexity index is 710. The van der Waals surface area contributed by atoms with E-state index in [-0.39, 0.29) is 5.91 Å². The normalized spacial score (nSPS) is 14.1. The lowest BCUT2D eigenvalue weighted by Crippen LogP contribution is -2.46. The van der Waals surface area contributed by atoms with Gasteiger partial charge in [0.1, 0.15) is 5.69 Å². The van der Waals surface area contributed by atoms with E-state index >= 15 is 0 Å². The van der Waals surface area contributed by atoms with Gasteiger partial charge in [-0.25, -0.2) is 4.98 Å². The number of rotatable bonds is 1. The molecule has 1 saturated heterocycles. The van der Waals surface area contributed by atoms with Gasteiger partial charge in [0.25, 0.3) is 5.91 Å². The maximum Gasteiger partial charge on any atom is 0.254 e. The van der Waals surface area contributed by atoms with E-state index < -0.39 is 0 Å². The van der Waals surface area contributed by atoms with Crippen molar-refractivity contribution in [3.05, 3.63) is 65.5 Å². The number of nitrogens with zero attached hydrogens (tertiary/aromatic N) is 2. The van der Waals surface area contributed by atoms with Crippen LogP contribution in [-0.2, 0) is 0 Å². The number of pyridine rings is 1. The Balaban J connectivity index is 1.78. The summed E-state index contributed by atoms with van der Waals surface area (Å²) in [4.78, 5) is 18.5. The number of hydrogen-bond acceptors (Lipinski definition) is 3. The van der Waals surface area contributed by atoms with Gasteiger partial charge in [0.15, 0.2) is 0 Å². The van der Waals surface area contributed by atoms with Crippen molar-refractivity contribution in [3.8, 4) is 11.8 Å². The summed E-state index contributed by atoms with van der Waals surface area (Å²) in [6, 6.07) is 13.3. The Morgan fingerprint density at radius 2 is 1.86 bits per heavy atom. The molecule has 1 aliphatic rings. The first-order valence-electron chi connectivity index (χ1n) is 7.36. The van der Waals surface area contributed by atoms with Crippen LogP contribution >= 0.6 is 0 Å². The van der Waals surface area contributed by atoms with Gasteiger partial charge in [-0.05, 0) is 30.2 Å². The number of hydrogen-bond donors (Lipinski definition) is 1. The van der Waals surface area contributed by atoms with E-state index in [0.717, 1.165) is 31.7 Å². The summed E-state index contributed by atoms with van der Waals surface area (Å²) in [7, 11) is 0. The summed E-state index contributed by atoms with van der Waals surface area (Å²) < 4.78 is 0. The zero-order chi connectivity index (χ0) is 15.2. The van der Waals surface area contributed by atoms with Gasteiger partial charge in [0, 0.05) is 43.5 Å². The molecule has 0 radical (unpaired) electrons. The first-order valence-corrected chi connectivity index (χ1v) is 7.36. The van der Waals surface area contributed by atoms with Gasteiger partial charge in [-0.1, -0.05) is 24.1 Å². The van der Waals surface area contributed by atoms with Gasteiger partial charge in [-0.3, -0.25) is 4.79 Å². The molecule has 110 valence electrons. The number of aromatic nitrogens is 1. The molecule has 0 atom stereocenters. The second-order valence-electron chi connectivity index (χ2n) is 5.09. The van der Waals surface area contributed by atoms with Crippen molar-refractivity contribution in [2.45, 2.75) is 0 Å². The second-order valence-corrected chi connectivity index (χ2v) is 5.09. The first kappa shape index (κ1) is 14.3. The molecule has 1 N–H and O–H groups in total. The van der Waals surface area contributed by atoms with Crippen molar-refractivity contribution in [2.24, 2.45) is 0 Å². The van der Waals surface area contributed by atoms with Crippen LogP contribution in [0.25, 0.3) is 0 Å². The lowest BCUT2D eigenvalue weighted by Gasteiger charge is -2.27. The van der Waals surface area contributed by atoms with E-state index in [9.17, 15) is 4.79 Å². The highest BCUT2D eigenvalue weighted by atomic mass is 16.2. The minimum atomic E-state index is 0.0478. The molecule has 1 aromatic carbocycles. The molecule has 0 saturated carbocycles. The van der Waals surface area contributed by atoms with E-state index in [1.54, 1.807) is 18.3 Å². The van der Waals surface area contributed by atoms with Gasteiger partial charge in [0.2, 0.25) is 0 Å². The number of nitrogens with one attached hydrogen (secondary N) is 1. The molecule has 1 fully saturated rings. The van der Waals surface area contributed by atoms with Gasteiger partial charge in [-0.15, -0.1) is 0 Å². The molecule has 1 aromatic heterocycles. The fraction of sp³-hybridized carbons (Fsp3) is 0.222. The van der Waals surface area contributed by atoms with Crippen LogP contribution in [-0.4, -0.2) is 42.0 Å². The monoisotopic (exact) mass is 291 g/mol. The van der Waals surface area contributed by atoms with Gasteiger partial charge < -0.3 is 10.2 Å². The largest absolute Gasteiger partial charge is 0.336 e. The van der Waals surface area contributed by atoms with E-state index in [0.29, 0.717) is 11.3 Å². The molecule has 4 nitrogen and oxygen atoms in total. The highest BCUT2D eigenvalue weighted by molar-refractivity contribution is 5.94. The smallest absolute Gasteiger partial charge is 0.254 e. The van der Waals surface area contributed by atoms with Crippen LogP contribution in [0.1, 0.15) is 21.6 Å². The standard InChI is InChI=1S/C18H17N3O/c22-18(21-12-10-19-11-13-21)16-8-9-20-17(14-16)7-6-15-4-2-1-3-5-15/h1-5,8-9,14,19H,10-13H2. The number of carbonyl (C=O) groups excluding carboxylic acids is 1. The van der Waals surface area contributed by atoms with Gasteiger partial charge in [0.05, 0.1) is 0 Å². The summed E-state index contributed by atoms with van der Waals surface area (Å²) in [6.07, 6.45) is 1.64. The number of piperazine rings is 1. The third-order valence-electron chi connectivity index (χ3n) is 3.52. The quantitative estimate of drug-likeness (QED) is 0.810. The molecule has 2 aromatic rings. The Hall–Kier alpha value is -2.64. The summed E-state index contributed by atoms with van der Waals surface area (Å²) >= 11 is 0. The Labute approximate surface area is 130 Å². The van der Waals surface area contributed by atoms with Crippen molar-refractivity contribution in [1.29, 1.82) is 0 Å². The molecule has 4 heteroatoms. The average Bonchev–Trinajstić information content (AvgIpc) is 2.61. The molecule has 0 aliphatic carbocycles. The van der Waals surface area contributed by atoms with E-state index in [1.807, 2.05) is 35.2 Å². The number of benzene rings is 1. The Morgan fingerprint density at radius 3 is 2.64 bits per heavy atom. The number of carbonyl (C=O) groups is 1. The predicted octanol–water partition coefficient (Wildman–Crippen LogP) is 1.53. The molecule has 0 bridgehead atoms. The van der Waals surface area contributed by atoms with Gasteiger partial charge >= 0.3 is 0 Å². The topological polar surface area (TPSA) is 45.2 Å². The van der Waals surface area contributed by atoms with Crippen molar-refractivity contribution in [1.82, 2.24) is 15.2 Å². The molecule has 0 spiro atoms.